The van der Waals surface area contributed by atoms with Gasteiger partial charge in [-0.3, -0.25) is 15.6 Å². The Morgan fingerprint density at radius 2 is 1.83 bits per heavy atom. The number of pyridine rings is 1. The molecule has 3 aromatic rings. The third-order valence-corrected chi connectivity index (χ3v) is 4.64. The third-order valence-electron chi connectivity index (χ3n) is 4.40. The van der Waals surface area contributed by atoms with E-state index in [0.29, 0.717) is 27.8 Å². The number of halogens is 1. The van der Waals surface area contributed by atoms with Crippen molar-refractivity contribution in [3.05, 3.63) is 66.0 Å². The molecular formula is C22H23FN4OS. The van der Waals surface area contributed by atoms with E-state index in [1.165, 1.54) is 12.1 Å². The van der Waals surface area contributed by atoms with Gasteiger partial charge in [-0.1, -0.05) is 32.0 Å². The second kappa shape index (κ2) is 9.43. The van der Waals surface area contributed by atoms with Crippen molar-refractivity contribution in [3.8, 4) is 11.3 Å². The van der Waals surface area contributed by atoms with Crippen molar-refractivity contribution in [2.45, 2.75) is 20.3 Å². The first-order valence-electron chi connectivity index (χ1n) is 9.44. The highest BCUT2D eigenvalue weighted by atomic mass is 32.1. The summed E-state index contributed by atoms with van der Waals surface area (Å²) in [5.74, 6) is -0.0943. The molecular weight excluding hydrogens is 387 g/mol. The summed E-state index contributed by atoms with van der Waals surface area (Å²) in [6.07, 6.45) is 0.978. The largest absolute Gasteiger partial charge is 0.361 e. The molecule has 150 valence electrons. The second-order valence-corrected chi connectivity index (χ2v) is 7.50. The average Bonchev–Trinajstić information content (AvgIpc) is 2.71. The Bertz CT molecular complexity index is 1020. The molecule has 3 N–H and O–H groups in total. The molecule has 1 amide bonds. The molecule has 0 saturated carbocycles. The van der Waals surface area contributed by atoms with Crippen molar-refractivity contribution in [1.82, 2.24) is 21.2 Å². The highest BCUT2D eigenvalue weighted by molar-refractivity contribution is 7.80. The Labute approximate surface area is 174 Å². The standard InChI is InChI=1S/C22H23FN4OS/c1-14(2)11-12-24-22(29)27-26-21(28)18-13-20(15-7-9-16(23)10-8-15)25-19-6-4-3-5-17(18)19/h3-10,13-14H,11-12H2,1-2H3,(H,26,28)(H2,24,27,29). The molecule has 5 nitrogen and oxygen atoms in total. The lowest BCUT2D eigenvalue weighted by Crippen LogP contribution is -2.47. The Hall–Kier alpha value is -3.06. The van der Waals surface area contributed by atoms with Crippen molar-refractivity contribution in [1.29, 1.82) is 0 Å². The van der Waals surface area contributed by atoms with Gasteiger partial charge in [0.25, 0.3) is 5.91 Å². The summed E-state index contributed by atoms with van der Waals surface area (Å²) in [4.78, 5) is 17.4. The van der Waals surface area contributed by atoms with Crippen LogP contribution in [0.3, 0.4) is 0 Å². The first-order chi connectivity index (χ1) is 13.9. The maximum absolute atomic E-state index is 13.3. The summed E-state index contributed by atoms with van der Waals surface area (Å²) in [5, 5.41) is 4.13. The van der Waals surface area contributed by atoms with E-state index in [4.69, 9.17) is 12.2 Å². The zero-order valence-corrected chi connectivity index (χ0v) is 17.1. The van der Waals surface area contributed by atoms with Crippen LogP contribution < -0.4 is 16.2 Å². The maximum Gasteiger partial charge on any atom is 0.270 e. The van der Waals surface area contributed by atoms with Gasteiger partial charge in [-0.05, 0) is 61.0 Å². The van der Waals surface area contributed by atoms with Gasteiger partial charge in [0.2, 0.25) is 0 Å². The van der Waals surface area contributed by atoms with Crippen LogP contribution in [0.1, 0.15) is 30.6 Å². The van der Waals surface area contributed by atoms with E-state index in [1.807, 2.05) is 24.3 Å². The number of carbonyl (C=O) groups excluding carboxylic acids is 1. The van der Waals surface area contributed by atoms with Crippen molar-refractivity contribution in [2.24, 2.45) is 5.92 Å². The van der Waals surface area contributed by atoms with E-state index in [2.05, 4.69) is 35.0 Å². The fourth-order valence-electron chi connectivity index (χ4n) is 2.83. The SMILES string of the molecule is CC(C)CCNC(=S)NNC(=O)c1cc(-c2ccc(F)cc2)nc2ccccc12. The van der Waals surface area contributed by atoms with Crippen LogP contribution in [0.25, 0.3) is 22.2 Å². The number of para-hydroxylation sites is 1. The topological polar surface area (TPSA) is 66.0 Å². The van der Waals surface area contributed by atoms with Gasteiger partial charge in [0.15, 0.2) is 5.11 Å². The number of carbonyl (C=O) groups is 1. The molecule has 0 fully saturated rings. The molecule has 0 spiro atoms. The maximum atomic E-state index is 13.3. The quantitative estimate of drug-likeness (QED) is 0.435. The highest BCUT2D eigenvalue weighted by Crippen LogP contribution is 2.25. The Balaban J connectivity index is 1.81. The number of hydrogen-bond acceptors (Lipinski definition) is 3. The Kier molecular flexibility index (Phi) is 6.72. The van der Waals surface area contributed by atoms with Crippen LogP contribution in [0.4, 0.5) is 4.39 Å². The molecule has 0 aliphatic rings. The van der Waals surface area contributed by atoms with E-state index in [0.717, 1.165) is 23.9 Å². The van der Waals surface area contributed by atoms with Gasteiger partial charge < -0.3 is 5.32 Å². The first-order valence-corrected chi connectivity index (χ1v) is 9.85. The molecule has 29 heavy (non-hydrogen) atoms. The van der Waals surface area contributed by atoms with Crippen LogP contribution in [0.2, 0.25) is 0 Å². The van der Waals surface area contributed by atoms with Crippen molar-refractivity contribution in [2.75, 3.05) is 6.54 Å². The molecule has 3 rings (SSSR count). The Morgan fingerprint density at radius 3 is 2.55 bits per heavy atom. The van der Waals surface area contributed by atoms with Crippen LogP contribution >= 0.6 is 12.2 Å². The van der Waals surface area contributed by atoms with Crippen molar-refractivity contribution >= 4 is 34.1 Å². The smallest absolute Gasteiger partial charge is 0.270 e. The normalized spacial score (nSPS) is 10.8. The highest BCUT2D eigenvalue weighted by Gasteiger charge is 2.14. The lowest BCUT2D eigenvalue weighted by atomic mass is 10.0. The molecule has 0 radical (unpaired) electrons. The number of aromatic nitrogens is 1. The predicted molar refractivity (Wildman–Crippen MR) is 118 cm³/mol. The van der Waals surface area contributed by atoms with E-state index in [9.17, 15) is 9.18 Å². The Morgan fingerprint density at radius 1 is 1.10 bits per heavy atom. The fraction of sp³-hybridized carbons (Fsp3) is 0.227. The number of amides is 1. The summed E-state index contributed by atoms with van der Waals surface area (Å²) in [6.45, 7) is 4.99. The molecule has 0 aliphatic heterocycles. The predicted octanol–water partition coefficient (Wildman–Crippen LogP) is 4.20. The number of thiocarbonyl (C=S) groups is 1. The minimum atomic E-state index is -0.333. The zero-order chi connectivity index (χ0) is 20.8. The molecule has 0 saturated heterocycles. The molecule has 0 atom stereocenters. The van der Waals surface area contributed by atoms with Gasteiger partial charge in [-0.15, -0.1) is 0 Å². The second-order valence-electron chi connectivity index (χ2n) is 7.10. The minimum Gasteiger partial charge on any atom is -0.361 e. The monoisotopic (exact) mass is 410 g/mol. The molecule has 1 aromatic heterocycles. The summed E-state index contributed by atoms with van der Waals surface area (Å²) < 4.78 is 13.3. The first kappa shape index (κ1) is 20.7. The minimum absolute atomic E-state index is 0.324. The van der Waals surface area contributed by atoms with Crippen LogP contribution in [-0.2, 0) is 0 Å². The van der Waals surface area contributed by atoms with Gasteiger partial charge >= 0.3 is 0 Å². The van der Waals surface area contributed by atoms with Gasteiger partial charge in [0, 0.05) is 17.5 Å². The lowest BCUT2D eigenvalue weighted by molar-refractivity contribution is 0.0945. The summed E-state index contributed by atoms with van der Waals surface area (Å²) in [7, 11) is 0. The van der Waals surface area contributed by atoms with Gasteiger partial charge in [-0.25, -0.2) is 9.37 Å². The number of fused-ring (bicyclic) bond motifs is 1. The molecule has 0 bridgehead atoms. The fourth-order valence-corrected chi connectivity index (χ4v) is 2.98. The van der Waals surface area contributed by atoms with Crippen LogP contribution in [0.5, 0.6) is 0 Å². The van der Waals surface area contributed by atoms with E-state index in [1.54, 1.807) is 18.2 Å². The van der Waals surface area contributed by atoms with Crippen LogP contribution in [0, 0.1) is 11.7 Å². The number of hydrogen-bond donors (Lipinski definition) is 3. The van der Waals surface area contributed by atoms with Gasteiger partial charge in [0.05, 0.1) is 16.8 Å². The summed E-state index contributed by atoms with van der Waals surface area (Å²) in [6, 6.07) is 15.1. The van der Waals surface area contributed by atoms with E-state index >= 15 is 0 Å². The van der Waals surface area contributed by atoms with Gasteiger partial charge in [-0.2, -0.15) is 0 Å². The number of nitrogens with zero attached hydrogens (tertiary/aromatic N) is 1. The number of hydrazine groups is 1. The van der Waals surface area contributed by atoms with Crippen molar-refractivity contribution in [3.63, 3.8) is 0 Å². The lowest BCUT2D eigenvalue weighted by Gasteiger charge is -2.14. The third kappa shape index (κ3) is 5.48. The zero-order valence-electron chi connectivity index (χ0n) is 16.3. The molecule has 0 aliphatic carbocycles. The summed E-state index contributed by atoms with van der Waals surface area (Å²) >= 11 is 5.20. The molecule has 7 heteroatoms. The van der Waals surface area contributed by atoms with E-state index < -0.39 is 0 Å². The van der Waals surface area contributed by atoms with Crippen molar-refractivity contribution < 1.29 is 9.18 Å². The van der Waals surface area contributed by atoms with Crippen LogP contribution in [0.15, 0.2) is 54.6 Å². The average molecular weight is 411 g/mol. The number of benzene rings is 2. The molecule has 1 heterocycles. The number of nitrogens with one attached hydrogen (secondary N) is 3. The molecule has 2 aromatic carbocycles. The van der Waals surface area contributed by atoms with Crippen LogP contribution in [-0.4, -0.2) is 22.5 Å². The summed E-state index contributed by atoms with van der Waals surface area (Å²) in [5.41, 5.74) is 7.82. The molecule has 0 unspecified atom stereocenters. The van der Waals surface area contributed by atoms with E-state index in [-0.39, 0.29) is 11.7 Å². The number of rotatable bonds is 5. The van der Waals surface area contributed by atoms with Gasteiger partial charge in [0.1, 0.15) is 5.82 Å².